The number of thioether (sulfide) groups is 1. The minimum absolute atomic E-state index is 0.318. The molecule has 1 amide bonds. The Balaban J connectivity index is 2.04. The third-order valence-electron chi connectivity index (χ3n) is 3.03. The topological polar surface area (TPSA) is 94.3 Å². The lowest BCUT2D eigenvalue weighted by atomic mass is 10.3. The molecule has 0 saturated carbocycles. The van der Waals surface area contributed by atoms with E-state index in [2.05, 4.69) is 15.5 Å². The number of aromatic nitrogens is 2. The van der Waals surface area contributed by atoms with E-state index in [0.717, 1.165) is 11.5 Å². The fourth-order valence-electron chi connectivity index (χ4n) is 1.88. The molecule has 0 aromatic carbocycles. The summed E-state index contributed by atoms with van der Waals surface area (Å²) >= 11 is 1.35. The quantitative estimate of drug-likeness (QED) is 0.605. The number of likely N-dealkylation sites (N-methyl/N-ethyl adjacent to an activating group) is 1. The number of ether oxygens (including phenoxy) is 1. The fraction of sp³-hybridized carbons (Fsp3) is 0.375. The number of pyridine rings is 1. The van der Waals surface area contributed by atoms with Gasteiger partial charge in [0.1, 0.15) is 10.8 Å². The summed E-state index contributed by atoms with van der Waals surface area (Å²) < 4.78 is 10.2. The Morgan fingerprint density at radius 2 is 2.25 bits per heavy atom. The molecule has 2 rings (SSSR count). The van der Waals surface area contributed by atoms with Crippen molar-refractivity contribution in [2.45, 2.75) is 37.7 Å². The van der Waals surface area contributed by atoms with Crippen LogP contribution in [0, 0.1) is 6.92 Å². The number of carbonyl (C=O) groups is 2. The number of hydrogen-bond acceptors (Lipinski definition) is 7. The van der Waals surface area contributed by atoms with Gasteiger partial charge in [0.15, 0.2) is 6.10 Å². The molecule has 0 unspecified atom stereocenters. The molecule has 0 spiro atoms. The van der Waals surface area contributed by atoms with Crippen molar-refractivity contribution in [3.63, 3.8) is 0 Å². The molecule has 128 valence electrons. The van der Waals surface area contributed by atoms with Crippen molar-refractivity contribution in [3.8, 4) is 0 Å². The Bertz CT molecular complexity index is 717. The Kier molecular flexibility index (Phi) is 6.36. The number of rotatable bonds is 7. The molecular weight excluding hydrogens is 330 g/mol. The molecule has 0 aliphatic rings. The first kappa shape index (κ1) is 18.0. The first-order chi connectivity index (χ1) is 11.5. The Morgan fingerprint density at radius 3 is 2.92 bits per heavy atom. The summed E-state index contributed by atoms with van der Waals surface area (Å²) in [5.74, 6) is 0.324. The van der Waals surface area contributed by atoms with E-state index >= 15 is 0 Å². The summed E-state index contributed by atoms with van der Waals surface area (Å²) in [5.41, 5.74) is 1.08. The van der Waals surface area contributed by atoms with Gasteiger partial charge >= 0.3 is 5.97 Å². The molecule has 8 heteroatoms. The van der Waals surface area contributed by atoms with Gasteiger partial charge in [-0.1, -0.05) is 16.9 Å². The fourth-order valence-corrected chi connectivity index (χ4v) is 2.75. The number of esters is 1. The number of carbonyl (C=O) groups excluding carboxylic acids is 2. The van der Waals surface area contributed by atoms with Crippen LogP contribution in [0.15, 0.2) is 33.9 Å². The van der Waals surface area contributed by atoms with E-state index in [4.69, 9.17) is 9.26 Å². The van der Waals surface area contributed by atoms with E-state index in [1.807, 2.05) is 13.0 Å². The van der Waals surface area contributed by atoms with Gasteiger partial charge in [-0.2, -0.15) is 0 Å². The first-order valence-electron chi connectivity index (χ1n) is 7.50. The molecule has 0 aliphatic carbocycles. The van der Waals surface area contributed by atoms with Crippen LogP contribution in [-0.4, -0.2) is 34.7 Å². The first-order valence-corrected chi connectivity index (χ1v) is 8.48. The van der Waals surface area contributed by atoms with Gasteiger partial charge in [0.2, 0.25) is 0 Å². The molecule has 2 heterocycles. The summed E-state index contributed by atoms with van der Waals surface area (Å²) in [6, 6.07) is 5.10. The highest BCUT2D eigenvalue weighted by Gasteiger charge is 2.21. The number of aryl methyl sites for hydroxylation is 1. The summed E-state index contributed by atoms with van der Waals surface area (Å²) in [4.78, 5) is 28.2. The summed E-state index contributed by atoms with van der Waals surface area (Å²) in [7, 11) is 0. The number of nitrogens with zero attached hydrogens (tertiary/aromatic N) is 2. The van der Waals surface area contributed by atoms with Crippen molar-refractivity contribution in [1.82, 2.24) is 15.5 Å². The van der Waals surface area contributed by atoms with Gasteiger partial charge in [-0.15, -0.1) is 0 Å². The third kappa shape index (κ3) is 4.82. The molecule has 0 bridgehead atoms. The molecule has 24 heavy (non-hydrogen) atoms. The minimum Gasteiger partial charge on any atom is -0.449 e. The molecule has 0 saturated heterocycles. The molecule has 1 atom stereocenters. The Hall–Kier alpha value is -2.35. The van der Waals surface area contributed by atoms with E-state index in [1.165, 1.54) is 18.7 Å². The largest absolute Gasteiger partial charge is 0.449 e. The van der Waals surface area contributed by atoms with Crippen molar-refractivity contribution >= 4 is 23.6 Å². The van der Waals surface area contributed by atoms with Crippen LogP contribution in [-0.2, 0) is 15.3 Å². The Morgan fingerprint density at radius 1 is 1.46 bits per heavy atom. The molecule has 2 aromatic heterocycles. The smallest absolute Gasteiger partial charge is 0.341 e. The Labute approximate surface area is 144 Å². The van der Waals surface area contributed by atoms with Gasteiger partial charge in [-0.05, 0) is 32.9 Å². The van der Waals surface area contributed by atoms with Crippen LogP contribution in [0.25, 0.3) is 0 Å². The van der Waals surface area contributed by atoms with E-state index in [0.29, 0.717) is 22.9 Å². The van der Waals surface area contributed by atoms with Crippen molar-refractivity contribution in [1.29, 1.82) is 0 Å². The van der Waals surface area contributed by atoms with Gasteiger partial charge in [0, 0.05) is 24.6 Å². The molecule has 0 fully saturated rings. The van der Waals surface area contributed by atoms with Crippen LogP contribution in [0.5, 0.6) is 0 Å². The lowest BCUT2D eigenvalue weighted by Crippen LogP contribution is -2.35. The number of amides is 1. The molecule has 7 nitrogen and oxygen atoms in total. The normalized spacial score (nSPS) is 11.8. The highest BCUT2D eigenvalue weighted by Crippen LogP contribution is 2.24. The van der Waals surface area contributed by atoms with Crippen molar-refractivity contribution in [2.24, 2.45) is 0 Å². The maximum atomic E-state index is 12.3. The average Bonchev–Trinajstić information content (AvgIpc) is 2.98. The standard InChI is InChI=1S/C16H19N3O4S/c1-4-17-14(20)11(3)22-16(21)13-6-5-7-18-15(13)24-9-12-8-10(2)23-19-12/h5-8,11H,4,9H2,1-3H3,(H,17,20)/t11-/m0/s1. The second-order valence-electron chi connectivity index (χ2n) is 5.02. The van der Waals surface area contributed by atoms with E-state index in [1.54, 1.807) is 25.3 Å². The molecule has 0 radical (unpaired) electrons. The van der Waals surface area contributed by atoms with Crippen LogP contribution in [0.4, 0.5) is 0 Å². The van der Waals surface area contributed by atoms with Crippen LogP contribution in [0.2, 0.25) is 0 Å². The summed E-state index contributed by atoms with van der Waals surface area (Å²) in [6.45, 7) is 5.62. The van der Waals surface area contributed by atoms with Gasteiger partial charge in [-0.3, -0.25) is 4.79 Å². The van der Waals surface area contributed by atoms with Gasteiger partial charge in [0.05, 0.1) is 11.3 Å². The zero-order valence-corrected chi connectivity index (χ0v) is 14.6. The van der Waals surface area contributed by atoms with Crippen molar-refractivity contribution in [2.75, 3.05) is 6.54 Å². The van der Waals surface area contributed by atoms with Crippen LogP contribution in [0.1, 0.15) is 35.7 Å². The maximum absolute atomic E-state index is 12.3. The lowest BCUT2D eigenvalue weighted by Gasteiger charge is -2.13. The molecule has 2 aromatic rings. The highest BCUT2D eigenvalue weighted by atomic mass is 32.2. The minimum atomic E-state index is -0.867. The zero-order chi connectivity index (χ0) is 17.5. The maximum Gasteiger partial charge on any atom is 0.341 e. The molecule has 1 N–H and O–H groups in total. The SMILES string of the molecule is CCNC(=O)[C@H](C)OC(=O)c1cccnc1SCc1cc(C)on1. The van der Waals surface area contributed by atoms with Crippen molar-refractivity contribution in [3.05, 3.63) is 41.4 Å². The summed E-state index contributed by atoms with van der Waals surface area (Å²) in [5, 5.41) is 7.03. The second kappa shape index (κ2) is 8.49. The predicted octanol–water partition coefficient (Wildman–Crippen LogP) is 2.35. The summed E-state index contributed by atoms with van der Waals surface area (Å²) in [6.07, 6.45) is 0.731. The van der Waals surface area contributed by atoms with Crippen LogP contribution in [0.3, 0.4) is 0 Å². The highest BCUT2D eigenvalue weighted by molar-refractivity contribution is 7.98. The van der Waals surface area contributed by atoms with E-state index in [-0.39, 0.29) is 5.91 Å². The number of nitrogens with one attached hydrogen (secondary N) is 1. The van der Waals surface area contributed by atoms with Crippen LogP contribution >= 0.6 is 11.8 Å². The average molecular weight is 349 g/mol. The second-order valence-corrected chi connectivity index (χ2v) is 5.98. The lowest BCUT2D eigenvalue weighted by molar-refractivity contribution is -0.128. The van der Waals surface area contributed by atoms with Gasteiger partial charge < -0.3 is 14.6 Å². The monoisotopic (exact) mass is 349 g/mol. The molecular formula is C16H19N3O4S. The van der Waals surface area contributed by atoms with Crippen molar-refractivity contribution < 1.29 is 18.8 Å². The predicted molar refractivity (Wildman–Crippen MR) is 88.6 cm³/mol. The third-order valence-corrected chi connectivity index (χ3v) is 4.07. The van der Waals surface area contributed by atoms with Crippen LogP contribution < -0.4 is 5.32 Å². The van der Waals surface area contributed by atoms with Gasteiger partial charge in [0.25, 0.3) is 5.91 Å². The zero-order valence-electron chi connectivity index (χ0n) is 13.7. The van der Waals surface area contributed by atoms with E-state index < -0.39 is 12.1 Å². The molecule has 0 aliphatic heterocycles. The number of hydrogen-bond donors (Lipinski definition) is 1. The van der Waals surface area contributed by atoms with E-state index in [9.17, 15) is 9.59 Å². The van der Waals surface area contributed by atoms with Gasteiger partial charge in [-0.25, -0.2) is 9.78 Å².